The van der Waals surface area contributed by atoms with Gasteiger partial charge in [-0.1, -0.05) is 57.2 Å². The molecule has 1 N–H and O–H groups in total. The van der Waals surface area contributed by atoms with Crippen molar-refractivity contribution >= 4 is 6.09 Å². The highest BCUT2D eigenvalue weighted by Gasteiger charge is 2.31. The number of allylic oxidation sites excluding steroid dienone is 2. The highest BCUT2D eigenvalue weighted by atomic mass is 16.6. The van der Waals surface area contributed by atoms with Crippen LogP contribution >= 0.6 is 0 Å². The minimum Gasteiger partial charge on any atom is -0.411 e. The summed E-state index contributed by atoms with van der Waals surface area (Å²) in [6, 6.07) is 9.88. The van der Waals surface area contributed by atoms with Gasteiger partial charge >= 0.3 is 6.09 Å². The third-order valence-corrected chi connectivity index (χ3v) is 4.62. The van der Waals surface area contributed by atoms with Crippen molar-refractivity contribution < 1.29 is 14.6 Å². The van der Waals surface area contributed by atoms with Crippen molar-refractivity contribution in [1.82, 2.24) is 4.90 Å². The molecule has 0 saturated heterocycles. The van der Waals surface area contributed by atoms with Gasteiger partial charge in [-0.3, -0.25) is 0 Å². The summed E-state index contributed by atoms with van der Waals surface area (Å²) in [5.41, 5.74) is 0.650. The van der Waals surface area contributed by atoms with Gasteiger partial charge in [0.05, 0.1) is 6.10 Å². The molecule has 0 bridgehead atoms. The van der Waals surface area contributed by atoms with Crippen molar-refractivity contribution in [2.24, 2.45) is 5.41 Å². The molecule has 0 unspecified atom stereocenters. The lowest BCUT2D eigenvalue weighted by Crippen LogP contribution is -2.42. The van der Waals surface area contributed by atoms with E-state index < -0.39 is 6.10 Å². The smallest absolute Gasteiger partial charge is 0.411 e. The Hall–Kier alpha value is -2.07. The van der Waals surface area contributed by atoms with Crippen LogP contribution in [0, 0.1) is 5.41 Å². The number of amides is 1. The molecule has 0 radical (unpaired) electrons. The molecular weight excluding hydrogens is 350 g/mol. The molecule has 0 fully saturated rings. The molecule has 0 aromatic heterocycles. The van der Waals surface area contributed by atoms with Crippen molar-refractivity contribution in [3.05, 3.63) is 59.9 Å². The van der Waals surface area contributed by atoms with Crippen LogP contribution in [0.15, 0.2) is 54.3 Å². The van der Waals surface area contributed by atoms with Crippen LogP contribution in [-0.4, -0.2) is 34.3 Å². The van der Waals surface area contributed by atoms with Crippen LogP contribution < -0.4 is 0 Å². The van der Waals surface area contributed by atoms with Gasteiger partial charge in [0.1, 0.15) is 5.76 Å². The second-order valence-corrected chi connectivity index (χ2v) is 8.78. The standard InChI is InChI=1S/C24H37NO3/c1-9-13-20(28-23(27)25(17(2)3)18(4)5)16-21(22(26)24(6,7)8)19-14-11-10-12-15-19/h9-18,21-22,26H,1-8H3/b13-9+,20-16-/t21-,22+/m0/s1. The Morgan fingerprint density at radius 3 is 2.04 bits per heavy atom. The number of aliphatic hydroxyl groups excluding tert-OH is 1. The first kappa shape index (κ1) is 24.0. The minimum absolute atomic E-state index is 0.0319. The first-order valence-corrected chi connectivity index (χ1v) is 10.1. The molecule has 0 aliphatic heterocycles. The number of hydrogen-bond acceptors (Lipinski definition) is 3. The average molecular weight is 388 g/mol. The molecule has 28 heavy (non-hydrogen) atoms. The molecular formula is C24H37NO3. The molecule has 0 heterocycles. The average Bonchev–Trinajstić information content (AvgIpc) is 2.58. The topological polar surface area (TPSA) is 49.8 Å². The molecule has 1 aromatic rings. The highest BCUT2D eigenvalue weighted by molar-refractivity contribution is 5.70. The second kappa shape index (κ2) is 10.5. The summed E-state index contributed by atoms with van der Waals surface area (Å²) in [4.78, 5) is 14.5. The molecule has 0 aliphatic carbocycles. The Morgan fingerprint density at radius 2 is 1.61 bits per heavy atom. The van der Waals surface area contributed by atoms with E-state index >= 15 is 0 Å². The Kier molecular flexibility index (Phi) is 8.96. The van der Waals surface area contributed by atoms with Crippen molar-refractivity contribution in [3.8, 4) is 0 Å². The third-order valence-electron chi connectivity index (χ3n) is 4.62. The van der Waals surface area contributed by atoms with Crippen LogP contribution in [-0.2, 0) is 4.74 Å². The Labute approximate surface area is 170 Å². The Bertz CT molecular complexity index is 661. The molecule has 156 valence electrons. The van der Waals surface area contributed by atoms with Gasteiger partial charge in [-0.05, 0) is 57.7 Å². The number of nitrogens with zero attached hydrogens (tertiary/aromatic N) is 1. The van der Waals surface area contributed by atoms with E-state index in [4.69, 9.17) is 4.74 Å². The molecule has 2 atom stereocenters. The van der Waals surface area contributed by atoms with E-state index in [-0.39, 0.29) is 29.5 Å². The van der Waals surface area contributed by atoms with Gasteiger partial charge in [0.2, 0.25) is 0 Å². The maximum Gasteiger partial charge on any atom is 0.415 e. The summed E-state index contributed by atoms with van der Waals surface area (Å²) in [7, 11) is 0. The fourth-order valence-corrected chi connectivity index (χ4v) is 3.22. The van der Waals surface area contributed by atoms with Crippen molar-refractivity contribution in [2.75, 3.05) is 0 Å². The molecule has 0 spiro atoms. The number of carbonyl (C=O) groups excluding carboxylic acids is 1. The van der Waals surface area contributed by atoms with E-state index in [0.717, 1.165) is 5.56 Å². The maximum absolute atomic E-state index is 12.8. The molecule has 4 heteroatoms. The van der Waals surface area contributed by atoms with Crippen molar-refractivity contribution in [2.45, 2.75) is 79.5 Å². The summed E-state index contributed by atoms with van der Waals surface area (Å²) < 4.78 is 5.74. The van der Waals surface area contributed by atoms with E-state index in [9.17, 15) is 9.90 Å². The molecule has 0 saturated carbocycles. The fourth-order valence-electron chi connectivity index (χ4n) is 3.22. The zero-order valence-corrected chi connectivity index (χ0v) is 18.6. The number of benzene rings is 1. The first-order valence-electron chi connectivity index (χ1n) is 10.1. The van der Waals surface area contributed by atoms with Gasteiger partial charge < -0.3 is 14.7 Å². The molecule has 1 aromatic carbocycles. The van der Waals surface area contributed by atoms with E-state index in [1.165, 1.54) is 0 Å². The predicted octanol–water partition coefficient (Wildman–Crippen LogP) is 5.89. The number of aliphatic hydroxyl groups is 1. The minimum atomic E-state index is -0.639. The maximum atomic E-state index is 12.8. The molecule has 4 nitrogen and oxygen atoms in total. The van der Waals surface area contributed by atoms with Crippen molar-refractivity contribution in [1.29, 1.82) is 0 Å². The van der Waals surface area contributed by atoms with E-state index in [0.29, 0.717) is 5.76 Å². The SMILES string of the molecule is C/C=C/C(=C/[C@@H](c1ccccc1)[C@@H](O)C(C)(C)C)OC(=O)N(C(C)C)C(C)C. The molecule has 0 aliphatic rings. The van der Waals surface area contributed by atoms with Crippen LogP contribution in [0.2, 0.25) is 0 Å². The summed E-state index contributed by atoms with van der Waals surface area (Å²) in [6.07, 6.45) is 4.43. The van der Waals surface area contributed by atoms with E-state index in [2.05, 4.69) is 0 Å². The molecule has 1 rings (SSSR count). The molecule has 1 amide bonds. The Morgan fingerprint density at radius 1 is 1.07 bits per heavy atom. The van der Waals surface area contributed by atoms with Crippen LogP contribution in [0.25, 0.3) is 0 Å². The monoisotopic (exact) mass is 387 g/mol. The van der Waals surface area contributed by atoms with Gasteiger partial charge in [0.25, 0.3) is 0 Å². The van der Waals surface area contributed by atoms with Crippen LogP contribution in [0.1, 0.15) is 66.9 Å². The van der Waals surface area contributed by atoms with Gasteiger partial charge in [-0.15, -0.1) is 0 Å². The van der Waals surface area contributed by atoms with Gasteiger partial charge in [-0.2, -0.15) is 0 Å². The summed E-state index contributed by atoms with van der Waals surface area (Å²) in [5, 5.41) is 11.0. The third kappa shape index (κ3) is 6.83. The number of hydrogen-bond donors (Lipinski definition) is 1. The highest BCUT2D eigenvalue weighted by Crippen LogP contribution is 2.34. The number of carbonyl (C=O) groups is 1. The summed E-state index contributed by atoms with van der Waals surface area (Å²) in [6.45, 7) is 15.8. The summed E-state index contributed by atoms with van der Waals surface area (Å²) >= 11 is 0. The zero-order chi connectivity index (χ0) is 21.5. The second-order valence-electron chi connectivity index (χ2n) is 8.78. The quantitative estimate of drug-likeness (QED) is 0.468. The van der Waals surface area contributed by atoms with Gasteiger partial charge in [-0.25, -0.2) is 4.79 Å². The lowest BCUT2D eigenvalue weighted by molar-refractivity contribution is 0.0495. The first-order chi connectivity index (χ1) is 13.0. The number of ether oxygens (including phenoxy) is 1. The summed E-state index contributed by atoms with van der Waals surface area (Å²) in [5.74, 6) is 0.141. The normalized spacial score (nSPS) is 15.2. The van der Waals surface area contributed by atoms with Gasteiger partial charge in [0, 0.05) is 18.0 Å². The fraction of sp³-hybridized carbons (Fsp3) is 0.542. The predicted molar refractivity (Wildman–Crippen MR) is 116 cm³/mol. The van der Waals surface area contributed by atoms with Crippen LogP contribution in [0.5, 0.6) is 0 Å². The van der Waals surface area contributed by atoms with Crippen LogP contribution in [0.4, 0.5) is 4.79 Å². The van der Waals surface area contributed by atoms with Gasteiger partial charge in [0.15, 0.2) is 0 Å². The lowest BCUT2D eigenvalue weighted by Gasteiger charge is -2.33. The largest absolute Gasteiger partial charge is 0.415 e. The van der Waals surface area contributed by atoms with Crippen LogP contribution in [0.3, 0.4) is 0 Å². The lowest BCUT2D eigenvalue weighted by atomic mass is 9.78. The van der Waals surface area contributed by atoms with E-state index in [1.807, 2.05) is 97.9 Å². The Balaban J connectivity index is 3.31. The van der Waals surface area contributed by atoms with E-state index in [1.54, 1.807) is 11.0 Å². The number of rotatable bonds is 7. The zero-order valence-electron chi connectivity index (χ0n) is 18.6. The van der Waals surface area contributed by atoms with Crippen molar-refractivity contribution in [3.63, 3.8) is 0 Å².